The topological polar surface area (TPSA) is 89.3 Å². The Morgan fingerprint density at radius 1 is 1.44 bits per heavy atom. The second kappa shape index (κ2) is 4.52. The lowest BCUT2D eigenvalue weighted by atomic mass is 10.1. The Balaban J connectivity index is 3.02. The largest absolute Gasteiger partial charge is 0.398 e. The van der Waals surface area contributed by atoms with Crippen LogP contribution in [-0.4, -0.2) is 20.1 Å². The zero-order valence-electron chi connectivity index (χ0n) is 9.15. The van der Waals surface area contributed by atoms with E-state index in [1.165, 1.54) is 6.92 Å². The Labute approximate surface area is 94.7 Å². The number of nitrogens with one attached hydrogen (secondary N) is 1. The number of rotatable bonds is 3. The highest BCUT2D eigenvalue weighted by Crippen LogP contribution is 2.13. The molecule has 88 valence electrons. The second-order valence-corrected chi connectivity index (χ2v) is 5.44. The molecule has 0 radical (unpaired) electrons. The zero-order chi connectivity index (χ0) is 12.3. The maximum absolute atomic E-state index is 11.6. The van der Waals surface area contributed by atoms with Crippen molar-refractivity contribution in [2.45, 2.75) is 13.8 Å². The van der Waals surface area contributed by atoms with Crippen LogP contribution in [0, 0.1) is 6.92 Å². The molecule has 5 nitrogen and oxygen atoms in total. The molecule has 0 atom stereocenters. The summed E-state index contributed by atoms with van der Waals surface area (Å²) in [5.74, 6) is -0.840. The van der Waals surface area contributed by atoms with Crippen LogP contribution in [0.25, 0.3) is 0 Å². The molecule has 6 heteroatoms. The molecule has 0 aliphatic heterocycles. The van der Waals surface area contributed by atoms with E-state index in [1.54, 1.807) is 25.1 Å². The molecule has 0 heterocycles. The molecule has 0 unspecified atom stereocenters. The first kappa shape index (κ1) is 12.5. The predicted molar refractivity (Wildman–Crippen MR) is 62.5 cm³/mol. The maximum atomic E-state index is 11.6. The van der Waals surface area contributed by atoms with Crippen molar-refractivity contribution in [3.8, 4) is 0 Å². The third kappa shape index (κ3) is 2.96. The van der Waals surface area contributed by atoms with E-state index in [0.717, 1.165) is 5.56 Å². The fraction of sp³-hybridized carbons (Fsp3) is 0.300. The van der Waals surface area contributed by atoms with Crippen LogP contribution in [0.4, 0.5) is 5.69 Å². The third-order valence-electron chi connectivity index (χ3n) is 2.08. The minimum atomic E-state index is -3.55. The van der Waals surface area contributed by atoms with Crippen molar-refractivity contribution in [3.63, 3.8) is 0 Å². The summed E-state index contributed by atoms with van der Waals surface area (Å²) in [5, 5.41) is 0. The van der Waals surface area contributed by atoms with Crippen LogP contribution in [0.2, 0.25) is 0 Å². The number of nitrogens with two attached hydrogens (primary N) is 1. The van der Waals surface area contributed by atoms with Gasteiger partial charge < -0.3 is 5.73 Å². The number of anilines is 1. The molecule has 0 bridgehead atoms. The van der Waals surface area contributed by atoms with Gasteiger partial charge in [-0.05, 0) is 26.0 Å². The molecule has 1 amide bonds. The first-order valence-corrected chi connectivity index (χ1v) is 6.42. The monoisotopic (exact) mass is 242 g/mol. The molecule has 3 N–H and O–H groups in total. The van der Waals surface area contributed by atoms with Crippen LogP contribution in [0.5, 0.6) is 0 Å². The molecule has 16 heavy (non-hydrogen) atoms. The van der Waals surface area contributed by atoms with E-state index < -0.39 is 15.9 Å². The summed E-state index contributed by atoms with van der Waals surface area (Å²) in [5.41, 5.74) is 6.87. The average molecular weight is 242 g/mol. The first-order valence-electron chi connectivity index (χ1n) is 4.76. The number of carbonyl (C=O) groups excluding carboxylic acids is 1. The zero-order valence-corrected chi connectivity index (χ0v) is 9.97. The van der Waals surface area contributed by atoms with E-state index in [1.807, 2.05) is 4.72 Å². The number of benzene rings is 1. The fourth-order valence-corrected chi connectivity index (χ4v) is 1.67. The van der Waals surface area contributed by atoms with Gasteiger partial charge in [0.1, 0.15) is 0 Å². The Morgan fingerprint density at radius 2 is 2.06 bits per heavy atom. The lowest BCUT2D eigenvalue weighted by molar-refractivity contribution is 0.0982. The van der Waals surface area contributed by atoms with Crippen LogP contribution in [-0.2, 0) is 10.0 Å². The summed E-state index contributed by atoms with van der Waals surface area (Å²) in [6, 6.07) is 4.87. The van der Waals surface area contributed by atoms with Gasteiger partial charge in [0.15, 0.2) is 0 Å². The molecule has 1 aromatic carbocycles. The molecular formula is C10H14N2O3S. The van der Waals surface area contributed by atoms with Crippen LogP contribution >= 0.6 is 0 Å². The summed E-state index contributed by atoms with van der Waals surface area (Å²) in [6.07, 6.45) is 0. The van der Waals surface area contributed by atoms with Gasteiger partial charge in [-0.15, -0.1) is 0 Å². The summed E-state index contributed by atoms with van der Waals surface area (Å²) < 4.78 is 24.4. The summed E-state index contributed by atoms with van der Waals surface area (Å²) in [7, 11) is -3.55. The smallest absolute Gasteiger partial charge is 0.266 e. The lowest BCUT2D eigenvalue weighted by Crippen LogP contribution is -2.32. The molecule has 0 spiro atoms. The van der Waals surface area contributed by atoms with Crippen LogP contribution in [0.15, 0.2) is 18.2 Å². The molecule has 1 rings (SSSR count). The van der Waals surface area contributed by atoms with Crippen molar-refractivity contribution in [3.05, 3.63) is 29.3 Å². The van der Waals surface area contributed by atoms with Crippen molar-refractivity contribution >= 4 is 21.6 Å². The van der Waals surface area contributed by atoms with Crippen molar-refractivity contribution in [2.75, 3.05) is 11.5 Å². The number of hydrogen-bond donors (Lipinski definition) is 2. The number of aryl methyl sites for hydroxylation is 1. The van der Waals surface area contributed by atoms with Gasteiger partial charge in [-0.3, -0.25) is 4.79 Å². The average Bonchev–Trinajstić information content (AvgIpc) is 2.21. The Kier molecular flexibility index (Phi) is 3.54. The molecular weight excluding hydrogens is 228 g/mol. The molecule has 0 aliphatic carbocycles. The number of hydrogen-bond acceptors (Lipinski definition) is 4. The van der Waals surface area contributed by atoms with Gasteiger partial charge in [-0.25, -0.2) is 13.1 Å². The van der Waals surface area contributed by atoms with Gasteiger partial charge in [0.05, 0.1) is 11.3 Å². The summed E-state index contributed by atoms with van der Waals surface area (Å²) >= 11 is 0. The Hall–Kier alpha value is -1.56. The van der Waals surface area contributed by atoms with Gasteiger partial charge in [0, 0.05) is 5.69 Å². The van der Waals surface area contributed by atoms with E-state index in [2.05, 4.69) is 0 Å². The molecule has 1 aromatic rings. The molecule has 0 saturated heterocycles. The van der Waals surface area contributed by atoms with Crippen LogP contribution in [0.3, 0.4) is 0 Å². The van der Waals surface area contributed by atoms with Gasteiger partial charge in [0.2, 0.25) is 10.0 Å². The fourth-order valence-electron chi connectivity index (χ4n) is 1.14. The third-order valence-corrected chi connectivity index (χ3v) is 3.34. The highest BCUT2D eigenvalue weighted by molar-refractivity contribution is 7.90. The van der Waals surface area contributed by atoms with Gasteiger partial charge in [0.25, 0.3) is 5.91 Å². The van der Waals surface area contributed by atoms with Crippen molar-refractivity contribution in [1.82, 2.24) is 4.72 Å². The van der Waals surface area contributed by atoms with Crippen molar-refractivity contribution < 1.29 is 13.2 Å². The number of nitrogen functional groups attached to an aromatic ring is 1. The number of sulfonamides is 1. The lowest BCUT2D eigenvalue weighted by Gasteiger charge is -2.07. The number of carbonyl (C=O) groups is 1. The Morgan fingerprint density at radius 3 is 2.62 bits per heavy atom. The van der Waals surface area contributed by atoms with E-state index >= 15 is 0 Å². The first-order chi connectivity index (χ1) is 7.35. The van der Waals surface area contributed by atoms with Crippen molar-refractivity contribution in [2.24, 2.45) is 0 Å². The molecule has 0 aromatic heterocycles. The highest BCUT2D eigenvalue weighted by atomic mass is 32.2. The van der Waals surface area contributed by atoms with Crippen molar-refractivity contribution in [1.29, 1.82) is 0 Å². The summed E-state index contributed by atoms with van der Waals surface area (Å²) in [4.78, 5) is 11.6. The Bertz CT molecular complexity index is 509. The SMILES string of the molecule is CCS(=O)(=O)NC(=O)c1cc(C)ccc1N. The molecule has 0 saturated carbocycles. The molecule has 0 fully saturated rings. The normalized spacial score (nSPS) is 11.1. The quantitative estimate of drug-likeness (QED) is 0.762. The van der Waals surface area contributed by atoms with Crippen LogP contribution < -0.4 is 10.5 Å². The maximum Gasteiger partial charge on any atom is 0.266 e. The second-order valence-electron chi connectivity index (χ2n) is 3.43. The van der Waals surface area contributed by atoms with Gasteiger partial charge >= 0.3 is 0 Å². The number of amides is 1. The van der Waals surface area contributed by atoms with E-state index in [4.69, 9.17) is 5.73 Å². The standard InChI is InChI=1S/C10H14N2O3S/c1-3-16(14,15)12-10(13)8-6-7(2)4-5-9(8)11/h4-6H,3,11H2,1-2H3,(H,12,13). The van der Waals surface area contributed by atoms with Gasteiger partial charge in [-0.1, -0.05) is 11.6 Å². The highest BCUT2D eigenvalue weighted by Gasteiger charge is 2.15. The van der Waals surface area contributed by atoms with Gasteiger partial charge in [-0.2, -0.15) is 0 Å². The van der Waals surface area contributed by atoms with E-state index in [9.17, 15) is 13.2 Å². The predicted octanol–water partition coefficient (Wildman–Crippen LogP) is 0.657. The molecule has 0 aliphatic rings. The summed E-state index contributed by atoms with van der Waals surface area (Å²) in [6.45, 7) is 3.25. The van der Waals surface area contributed by atoms with Crippen LogP contribution in [0.1, 0.15) is 22.8 Å². The minimum Gasteiger partial charge on any atom is -0.398 e. The van der Waals surface area contributed by atoms with E-state index in [-0.39, 0.29) is 17.0 Å². The minimum absolute atomic E-state index is 0.148. The van der Waals surface area contributed by atoms with E-state index in [0.29, 0.717) is 0 Å².